The first kappa shape index (κ1) is 32.6. The smallest absolute Gasteiger partial charge is 0.303 e. The Hall–Kier alpha value is -1.58. The number of aliphatic carboxylic acids is 1. The zero-order valence-corrected chi connectivity index (χ0v) is 21.4. The van der Waals surface area contributed by atoms with Crippen molar-refractivity contribution in [1.29, 1.82) is 0 Å². The molecule has 0 bridgehead atoms. The minimum Gasteiger partial charge on any atom is -0.481 e. The van der Waals surface area contributed by atoms with Crippen LogP contribution in [0.5, 0.6) is 0 Å². The van der Waals surface area contributed by atoms with Gasteiger partial charge in [0.1, 0.15) is 0 Å². The largest absolute Gasteiger partial charge is 0.481 e. The lowest BCUT2D eigenvalue weighted by molar-refractivity contribution is -0.141. The van der Waals surface area contributed by atoms with Crippen molar-refractivity contribution >= 4 is 11.9 Å². The van der Waals surface area contributed by atoms with E-state index in [-0.39, 0.29) is 5.97 Å². The first-order valence-electron chi connectivity index (χ1n) is 13.2. The molecular weight excluding hydrogens is 400 g/mol. The summed E-state index contributed by atoms with van der Waals surface area (Å²) >= 11 is 0. The lowest BCUT2D eigenvalue weighted by Gasteiger charge is -2.01. The zero-order chi connectivity index (χ0) is 24.1. The predicted octanol–water partition coefficient (Wildman–Crippen LogP) is 8.79. The van der Waals surface area contributed by atoms with Gasteiger partial charge in [-0.05, 0) is 51.4 Å². The molecule has 188 valence electrons. The van der Waals surface area contributed by atoms with Crippen LogP contribution in [0, 0.1) is 0 Å². The van der Waals surface area contributed by atoms with Crippen LogP contribution in [0.25, 0.3) is 0 Å². The summed E-state index contributed by atoms with van der Waals surface area (Å²) in [6.45, 7) is 6.45. The Morgan fingerprint density at radius 1 is 0.625 bits per heavy atom. The highest BCUT2D eigenvalue weighted by molar-refractivity contribution is 5.66. The van der Waals surface area contributed by atoms with Crippen molar-refractivity contribution in [3.63, 3.8) is 0 Å². The Kier molecular flexibility index (Phi) is 30.0. The van der Waals surface area contributed by atoms with Gasteiger partial charge in [-0.2, -0.15) is 0 Å². The second-order valence-corrected chi connectivity index (χ2v) is 8.47. The average Bonchev–Trinajstić information content (AvgIpc) is 2.76. The van der Waals surface area contributed by atoms with Crippen molar-refractivity contribution in [3.8, 4) is 0 Å². The van der Waals surface area contributed by atoms with Crippen LogP contribution in [0.2, 0.25) is 0 Å². The van der Waals surface area contributed by atoms with Crippen LogP contribution >= 0.6 is 0 Å². The van der Waals surface area contributed by atoms with Gasteiger partial charge in [0.05, 0.1) is 6.61 Å². The first-order valence-corrected chi connectivity index (χ1v) is 13.2. The van der Waals surface area contributed by atoms with Crippen molar-refractivity contribution in [2.24, 2.45) is 0 Å². The van der Waals surface area contributed by atoms with E-state index < -0.39 is 5.97 Å². The van der Waals surface area contributed by atoms with E-state index >= 15 is 0 Å². The highest BCUT2D eigenvalue weighted by Gasteiger charge is 1.96. The Labute approximate surface area is 198 Å². The molecule has 0 saturated heterocycles. The standard InChI is InChI=1S/2C14H26O2/c1-3-4-5-6-7-8-9-10-11-12-13-16-14(2)15;1-2-3-4-5-6-7-8-9-10-11-12-13-14(15)16/h5-6H,3-4,7-13H2,1-2H3;4-5H,2-3,6-13H2,1H3,(H,15,16)/b6-5+;5-4+. The topological polar surface area (TPSA) is 63.6 Å². The van der Waals surface area contributed by atoms with Gasteiger partial charge in [0.15, 0.2) is 0 Å². The van der Waals surface area contributed by atoms with Crippen molar-refractivity contribution in [2.45, 2.75) is 136 Å². The van der Waals surface area contributed by atoms with Crippen LogP contribution in [-0.4, -0.2) is 23.7 Å². The molecule has 0 rings (SSSR count). The molecule has 0 aliphatic heterocycles. The molecule has 0 aromatic rings. The van der Waals surface area contributed by atoms with Gasteiger partial charge >= 0.3 is 11.9 Å². The van der Waals surface area contributed by atoms with Gasteiger partial charge in [0.2, 0.25) is 0 Å². The second kappa shape index (κ2) is 29.4. The average molecular weight is 453 g/mol. The van der Waals surface area contributed by atoms with E-state index in [1.807, 2.05) is 0 Å². The number of carbonyl (C=O) groups is 2. The molecule has 0 aliphatic rings. The zero-order valence-electron chi connectivity index (χ0n) is 21.4. The van der Waals surface area contributed by atoms with Crippen molar-refractivity contribution in [1.82, 2.24) is 0 Å². The van der Waals surface area contributed by atoms with Crippen molar-refractivity contribution < 1.29 is 19.4 Å². The number of hydrogen-bond acceptors (Lipinski definition) is 3. The van der Waals surface area contributed by atoms with Crippen LogP contribution in [0.15, 0.2) is 24.3 Å². The van der Waals surface area contributed by atoms with Gasteiger partial charge in [-0.3, -0.25) is 9.59 Å². The van der Waals surface area contributed by atoms with Gasteiger partial charge in [-0.15, -0.1) is 0 Å². The molecule has 0 aromatic carbocycles. The highest BCUT2D eigenvalue weighted by atomic mass is 16.5. The number of carbonyl (C=O) groups excluding carboxylic acids is 1. The normalized spacial score (nSPS) is 11.0. The molecule has 0 fully saturated rings. The van der Waals surface area contributed by atoms with E-state index in [0.29, 0.717) is 13.0 Å². The summed E-state index contributed by atoms with van der Waals surface area (Å²) in [5.74, 6) is -0.831. The number of unbranched alkanes of at least 4 members (excludes halogenated alkanes) is 13. The van der Waals surface area contributed by atoms with Crippen LogP contribution < -0.4 is 0 Å². The summed E-state index contributed by atoms with van der Waals surface area (Å²) in [4.78, 5) is 20.7. The monoisotopic (exact) mass is 452 g/mol. The number of carboxylic acids is 1. The lowest BCUT2D eigenvalue weighted by Crippen LogP contribution is -1.99. The molecule has 4 heteroatoms. The van der Waals surface area contributed by atoms with E-state index in [9.17, 15) is 9.59 Å². The molecule has 0 aromatic heterocycles. The van der Waals surface area contributed by atoms with Gasteiger partial charge in [-0.1, -0.05) is 95.9 Å². The molecule has 0 atom stereocenters. The summed E-state index contributed by atoms with van der Waals surface area (Å²) in [6.07, 6.45) is 29.7. The molecule has 0 aliphatic carbocycles. The molecular formula is C28H52O4. The fraction of sp³-hybridized carbons (Fsp3) is 0.786. The van der Waals surface area contributed by atoms with Crippen molar-refractivity contribution in [3.05, 3.63) is 24.3 Å². The molecule has 0 unspecified atom stereocenters. The second-order valence-electron chi connectivity index (χ2n) is 8.47. The Bertz CT molecular complexity index is 412. The fourth-order valence-corrected chi connectivity index (χ4v) is 3.16. The summed E-state index contributed by atoms with van der Waals surface area (Å²) in [7, 11) is 0. The number of rotatable bonds is 21. The van der Waals surface area contributed by atoms with Crippen LogP contribution in [0.4, 0.5) is 0 Å². The third-order valence-corrected chi connectivity index (χ3v) is 5.08. The maximum atomic E-state index is 10.5. The van der Waals surface area contributed by atoms with Gasteiger partial charge in [0, 0.05) is 13.3 Å². The summed E-state index contributed by atoms with van der Waals surface area (Å²) in [5.41, 5.74) is 0. The Morgan fingerprint density at radius 3 is 1.47 bits per heavy atom. The molecule has 0 amide bonds. The third-order valence-electron chi connectivity index (χ3n) is 5.08. The fourth-order valence-electron chi connectivity index (χ4n) is 3.16. The van der Waals surface area contributed by atoms with Crippen LogP contribution in [-0.2, 0) is 14.3 Å². The molecule has 1 N–H and O–H groups in total. The number of hydrogen-bond donors (Lipinski definition) is 1. The van der Waals surface area contributed by atoms with E-state index in [1.54, 1.807) is 0 Å². The summed E-state index contributed by atoms with van der Waals surface area (Å²) < 4.78 is 4.86. The quantitative estimate of drug-likeness (QED) is 0.107. The number of esters is 1. The molecule has 32 heavy (non-hydrogen) atoms. The summed E-state index contributed by atoms with van der Waals surface area (Å²) in [5, 5.41) is 8.45. The molecule has 0 heterocycles. The highest BCUT2D eigenvalue weighted by Crippen LogP contribution is 2.09. The van der Waals surface area contributed by atoms with E-state index in [0.717, 1.165) is 19.3 Å². The molecule has 4 nitrogen and oxygen atoms in total. The van der Waals surface area contributed by atoms with Gasteiger partial charge in [-0.25, -0.2) is 0 Å². The Morgan fingerprint density at radius 2 is 1.03 bits per heavy atom. The molecule has 0 saturated carbocycles. The van der Waals surface area contributed by atoms with Crippen molar-refractivity contribution in [2.75, 3.05) is 6.61 Å². The maximum absolute atomic E-state index is 10.5. The van der Waals surface area contributed by atoms with E-state index in [2.05, 4.69) is 38.2 Å². The predicted molar refractivity (Wildman–Crippen MR) is 137 cm³/mol. The number of ether oxygens (including phenoxy) is 1. The lowest BCUT2D eigenvalue weighted by atomic mass is 10.1. The first-order chi connectivity index (χ1) is 15.5. The van der Waals surface area contributed by atoms with Gasteiger partial charge < -0.3 is 9.84 Å². The van der Waals surface area contributed by atoms with E-state index in [1.165, 1.54) is 96.8 Å². The maximum Gasteiger partial charge on any atom is 0.303 e. The van der Waals surface area contributed by atoms with Crippen LogP contribution in [0.3, 0.4) is 0 Å². The SMILES string of the molecule is CCC/C=C/CCCCCCCCC(=O)O.CCC/C=C/CCCCCCCOC(C)=O. The third kappa shape index (κ3) is 35.8. The van der Waals surface area contributed by atoms with E-state index in [4.69, 9.17) is 9.84 Å². The molecule has 0 spiro atoms. The van der Waals surface area contributed by atoms with Gasteiger partial charge in [0.25, 0.3) is 0 Å². The number of allylic oxidation sites excluding steroid dienone is 4. The minimum absolute atomic E-state index is 0.166. The van der Waals surface area contributed by atoms with Crippen LogP contribution in [0.1, 0.15) is 136 Å². The molecule has 0 radical (unpaired) electrons. The number of carboxylic acid groups (broad SMARTS) is 1. The minimum atomic E-state index is -0.666. The Balaban J connectivity index is 0. The summed E-state index contributed by atoms with van der Waals surface area (Å²) in [6, 6.07) is 0.